The molecule has 6 heteroatoms. The van der Waals surface area contributed by atoms with Crippen LogP contribution in [0.3, 0.4) is 0 Å². The molecule has 0 bridgehead atoms. The second-order valence-corrected chi connectivity index (χ2v) is 8.17. The van der Waals surface area contributed by atoms with E-state index in [2.05, 4.69) is 29.8 Å². The summed E-state index contributed by atoms with van der Waals surface area (Å²) in [6.07, 6.45) is 7.88. The molecule has 4 rings (SSSR count). The van der Waals surface area contributed by atoms with Crippen LogP contribution in [0.25, 0.3) is 6.08 Å². The highest BCUT2D eigenvalue weighted by atomic mass is 32.1. The maximum Gasteiger partial charge on any atom is 0.270 e. The van der Waals surface area contributed by atoms with Crippen molar-refractivity contribution in [3.8, 4) is 0 Å². The number of aromatic nitrogens is 1. The van der Waals surface area contributed by atoms with Gasteiger partial charge in [0.1, 0.15) is 5.57 Å². The minimum absolute atomic E-state index is 0.103. The van der Waals surface area contributed by atoms with Gasteiger partial charge in [0.2, 0.25) is 0 Å². The molecule has 2 aliphatic rings. The molecule has 5 nitrogen and oxygen atoms in total. The van der Waals surface area contributed by atoms with Gasteiger partial charge in [0, 0.05) is 17.4 Å². The Labute approximate surface area is 176 Å². The molecule has 0 unspecified atom stereocenters. The lowest BCUT2D eigenvalue weighted by Gasteiger charge is -2.29. The minimum Gasteiger partial charge on any atom is -0.346 e. The van der Waals surface area contributed by atoms with E-state index in [9.17, 15) is 9.59 Å². The van der Waals surface area contributed by atoms with Crippen LogP contribution in [-0.2, 0) is 9.59 Å². The molecule has 2 amide bonds. The van der Waals surface area contributed by atoms with Crippen molar-refractivity contribution in [2.75, 3.05) is 4.90 Å². The first-order valence-corrected chi connectivity index (χ1v) is 10.5. The number of amides is 2. The number of para-hydroxylation sites is 1. The number of anilines is 1. The average Bonchev–Trinajstić information content (AvgIpc) is 2.99. The summed E-state index contributed by atoms with van der Waals surface area (Å²) in [5.41, 5.74) is 3.92. The number of hydrogen-bond acceptors (Lipinski definition) is 3. The highest BCUT2D eigenvalue weighted by molar-refractivity contribution is 7.80. The molecular formula is C23H25N3O2S. The van der Waals surface area contributed by atoms with Gasteiger partial charge in [-0.3, -0.25) is 19.8 Å². The minimum atomic E-state index is -0.449. The van der Waals surface area contributed by atoms with Crippen LogP contribution in [0.5, 0.6) is 0 Å². The summed E-state index contributed by atoms with van der Waals surface area (Å²) >= 11 is 5.26. The lowest BCUT2D eigenvalue weighted by atomic mass is 9.95. The van der Waals surface area contributed by atoms with Crippen molar-refractivity contribution in [1.82, 2.24) is 9.88 Å². The Bertz CT molecular complexity index is 1000. The zero-order chi connectivity index (χ0) is 20.5. The molecule has 1 aliphatic heterocycles. The van der Waals surface area contributed by atoms with Gasteiger partial charge in [-0.05, 0) is 68.7 Å². The molecule has 1 aromatic carbocycles. The van der Waals surface area contributed by atoms with Gasteiger partial charge < -0.3 is 4.57 Å². The molecule has 2 aromatic rings. The van der Waals surface area contributed by atoms with Gasteiger partial charge in [-0.15, -0.1) is 0 Å². The van der Waals surface area contributed by atoms with Crippen LogP contribution in [0.4, 0.5) is 5.69 Å². The zero-order valence-corrected chi connectivity index (χ0v) is 17.6. The van der Waals surface area contributed by atoms with Gasteiger partial charge in [-0.25, -0.2) is 0 Å². The number of thiocarbonyl (C=S) groups is 1. The Hall–Kier alpha value is -2.73. The molecule has 150 valence electrons. The SMILES string of the molecule is Cc1cc(/C=C2\C(=O)NC(=S)N(c3ccccc3)C2=O)c(C)n1C1CCCCC1. The van der Waals surface area contributed by atoms with Gasteiger partial charge in [-0.2, -0.15) is 0 Å². The Balaban J connectivity index is 1.71. The van der Waals surface area contributed by atoms with E-state index < -0.39 is 11.8 Å². The number of hydrogen-bond donors (Lipinski definition) is 1. The first kappa shape index (κ1) is 19.6. The topological polar surface area (TPSA) is 54.3 Å². The van der Waals surface area contributed by atoms with Crippen molar-refractivity contribution in [2.24, 2.45) is 0 Å². The fourth-order valence-electron chi connectivity index (χ4n) is 4.47. The van der Waals surface area contributed by atoms with Gasteiger partial charge in [0.05, 0.1) is 5.69 Å². The van der Waals surface area contributed by atoms with Gasteiger partial charge in [0.25, 0.3) is 11.8 Å². The Morgan fingerprint density at radius 3 is 2.45 bits per heavy atom. The molecule has 29 heavy (non-hydrogen) atoms. The van der Waals surface area contributed by atoms with Gasteiger partial charge in [-0.1, -0.05) is 37.5 Å². The van der Waals surface area contributed by atoms with E-state index in [0.717, 1.165) is 11.3 Å². The molecule has 1 saturated heterocycles. The Morgan fingerprint density at radius 1 is 1.07 bits per heavy atom. The number of nitrogens with zero attached hydrogens (tertiary/aromatic N) is 2. The predicted octanol–water partition coefficient (Wildman–Crippen LogP) is 4.44. The van der Waals surface area contributed by atoms with Crippen LogP contribution in [0, 0.1) is 13.8 Å². The number of nitrogens with one attached hydrogen (secondary N) is 1. The molecule has 2 heterocycles. The fraction of sp³-hybridized carbons (Fsp3) is 0.348. The van der Waals surface area contributed by atoms with E-state index in [1.807, 2.05) is 18.2 Å². The summed E-state index contributed by atoms with van der Waals surface area (Å²) in [6.45, 7) is 4.16. The van der Waals surface area contributed by atoms with Crippen molar-refractivity contribution in [1.29, 1.82) is 0 Å². The van der Waals surface area contributed by atoms with Crippen LogP contribution < -0.4 is 10.2 Å². The third-order valence-corrected chi connectivity index (χ3v) is 6.16. The molecule has 2 fully saturated rings. The molecular weight excluding hydrogens is 382 g/mol. The number of carbonyl (C=O) groups excluding carboxylic acids is 2. The van der Waals surface area contributed by atoms with Crippen LogP contribution in [0.15, 0.2) is 42.0 Å². The van der Waals surface area contributed by atoms with E-state index in [1.54, 1.807) is 18.2 Å². The first-order chi connectivity index (χ1) is 14.0. The molecule has 0 atom stereocenters. The van der Waals surface area contributed by atoms with Crippen molar-refractivity contribution >= 4 is 40.9 Å². The molecule has 1 saturated carbocycles. The monoisotopic (exact) mass is 407 g/mol. The summed E-state index contributed by atoms with van der Waals surface area (Å²) < 4.78 is 2.37. The lowest BCUT2D eigenvalue weighted by molar-refractivity contribution is -0.122. The molecule has 0 spiro atoms. The quantitative estimate of drug-likeness (QED) is 0.465. The summed E-state index contributed by atoms with van der Waals surface area (Å²) in [5, 5.41) is 2.76. The first-order valence-electron chi connectivity index (χ1n) is 10.1. The largest absolute Gasteiger partial charge is 0.346 e. The summed E-state index contributed by atoms with van der Waals surface area (Å²) in [7, 11) is 0. The van der Waals surface area contributed by atoms with Crippen LogP contribution >= 0.6 is 12.2 Å². The van der Waals surface area contributed by atoms with E-state index in [0.29, 0.717) is 11.7 Å². The van der Waals surface area contributed by atoms with Gasteiger partial charge >= 0.3 is 0 Å². The van der Waals surface area contributed by atoms with E-state index in [-0.39, 0.29) is 10.7 Å². The van der Waals surface area contributed by atoms with Crippen molar-refractivity contribution in [2.45, 2.75) is 52.0 Å². The van der Waals surface area contributed by atoms with Gasteiger partial charge in [0.15, 0.2) is 5.11 Å². The fourth-order valence-corrected chi connectivity index (χ4v) is 4.76. The third-order valence-electron chi connectivity index (χ3n) is 5.88. The normalized spacial score (nSPS) is 19.7. The molecule has 0 radical (unpaired) electrons. The number of rotatable bonds is 3. The number of benzene rings is 1. The summed E-state index contributed by atoms with van der Waals surface area (Å²) in [6, 6.07) is 11.7. The van der Waals surface area contributed by atoms with E-state index in [1.165, 1.54) is 42.7 Å². The lowest BCUT2D eigenvalue weighted by Crippen LogP contribution is -2.54. The van der Waals surface area contributed by atoms with Crippen molar-refractivity contribution in [3.05, 3.63) is 58.9 Å². The number of carbonyl (C=O) groups is 2. The second kappa shape index (κ2) is 7.95. The molecule has 1 N–H and O–H groups in total. The second-order valence-electron chi connectivity index (χ2n) is 7.78. The molecule has 1 aromatic heterocycles. The highest BCUT2D eigenvalue weighted by Crippen LogP contribution is 2.33. The highest BCUT2D eigenvalue weighted by Gasteiger charge is 2.34. The zero-order valence-electron chi connectivity index (χ0n) is 16.8. The maximum absolute atomic E-state index is 13.2. The van der Waals surface area contributed by atoms with E-state index >= 15 is 0 Å². The predicted molar refractivity (Wildman–Crippen MR) is 119 cm³/mol. The average molecular weight is 408 g/mol. The summed E-state index contributed by atoms with van der Waals surface area (Å²) in [4.78, 5) is 27.1. The van der Waals surface area contributed by atoms with Crippen LogP contribution in [0.2, 0.25) is 0 Å². The number of aryl methyl sites for hydroxylation is 1. The molecule has 1 aliphatic carbocycles. The standard InChI is InChI=1S/C23H25N3O2S/c1-15-13-17(16(2)25(15)18-9-5-3-6-10-18)14-20-21(27)24-23(29)26(22(20)28)19-11-7-4-8-12-19/h4,7-8,11-14,18H,3,5-6,9-10H2,1-2H3,(H,24,27,29)/b20-14+. The smallest absolute Gasteiger partial charge is 0.270 e. The van der Waals surface area contributed by atoms with Crippen molar-refractivity contribution < 1.29 is 9.59 Å². The Kier molecular flexibility index (Phi) is 5.37. The van der Waals surface area contributed by atoms with Crippen LogP contribution in [0.1, 0.15) is 55.1 Å². The Morgan fingerprint density at radius 2 is 1.76 bits per heavy atom. The van der Waals surface area contributed by atoms with Crippen molar-refractivity contribution in [3.63, 3.8) is 0 Å². The maximum atomic E-state index is 13.2. The van der Waals surface area contributed by atoms with E-state index in [4.69, 9.17) is 12.2 Å². The summed E-state index contributed by atoms with van der Waals surface area (Å²) in [5.74, 6) is -0.845. The third kappa shape index (κ3) is 3.65. The van der Waals surface area contributed by atoms with Crippen LogP contribution in [-0.4, -0.2) is 21.5 Å².